The van der Waals surface area contributed by atoms with Crippen LogP contribution in [0.3, 0.4) is 0 Å². The van der Waals surface area contributed by atoms with E-state index < -0.39 is 0 Å². The minimum absolute atomic E-state index is 0.0110. The Balaban J connectivity index is 1.88. The summed E-state index contributed by atoms with van der Waals surface area (Å²) in [5.41, 5.74) is 0.957. The standard InChI is InChI=1S/C16H25N3O3/c1-2-22-16(21)13-6-8-19(9-7-13)15-12-17-11-14(18-15)5-3-4-10-20/h11-13,20H,2-10H2,1H3. The number of unbranched alkanes of at least 4 members (excludes halogenated alkanes) is 1. The van der Waals surface area contributed by atoms with Crippen molar-refractivity contribution in [1.82, 2.24) is 9.97 Å². The van der Waals surface area contributed by atoms with E-state index >= 15 is 0 Å². The van der Waals surface area contributed by atoms with Crippen LogP contribution in [0.4, 0.5) is 5.82 Å². The van der Waals surface area contributed by atoms with Crippen LogP contribution in [0, 0.1) is 5.92 Å². The number of hydrogen-bond acceptors (Lipinski definition) is 6. The molecule has 1 aliphatic heterocycles. The maximum Gasteiger partial charge on any atom is 0.309 e. The molecule has 0 aliphatic carbocycles. The molecule has 6 nitrogen and oxygen atoms in total. The van der Waals surface area contributed by atoms with Crippen molar-refractivity contribution in [1.29, 1.82) is 0 Å². The number of aliphatic hydroxyl groups is 1. The van der Waals surface area contributed by atoms with Gasteiger partial charge in [-0.05, 0) is 39.0 Å². The third-order valence-corrected chi connectivity index (χ3v) is 3.95. The van der Waals surface area contributed by atoms with Gasteiger partial charge in [0.1, 0.15) is 5.82 Å². The molecule has 0 aromatic carbocycles. The second kappa shape index (κ2) is 8.68. The van der Waals surface area contributed by atoms with E-state index in [4.69, 9.17) is 9.84 Å². The van der Waals surface area contributed by atoms with E-state index in [-0.39, 0.29) is 18.5 Å². The van der Waals surface area contributed by atoms with Crippen molar-refractivity contribution in [2.45, 2.75) is 39.0 Å². The number of piperidine rings is 1. The number of aliphatic hydroxyl groups excluding tert-OH is 1. The van der Waals surface area contributed by atoms with Crippen LogP contribution >= 0.6 is 0 Å². The number of carbonyl (C=O) groups excluding carboxylic acids is 1. The lowest BCUT2D eigenvalue weighted by atomic mass is 9.97. The summed E-state index contributed by atoms with van der Waals surface area (Å²) in [5, 5.41) is 8.83. The van der Waals surface area contributed by atoms with Crippen molar-refractivity contribution >= 4 is 11.8 Å². The van der Waals surface area contributed by atoms with Crippen LogP contribution in [0.1, 0.15) is 38.3 Å². The second-order valence-corrected chi connectivity index (χ2v) is 5.56. The molecule has 1 aromatic rings. The molecule has 1 aromatic heterocycles. The van der Waals surface area contributed by atoms with Crippen LogP contribution in [-0.2, 0) is 16.0 Å². The van der Waals surface area contributed by atoms with Crippen molar-refractivity contribution in [2.75, 3.05) is 31.2 Å². The minimum atomic E-state index is -0.0778. The Bertz CT molecular complexity index is 473. The van der Waals surface area contributed by atoms with Gasteiger partial charge in [-0.3, -0.25) is 9.78 Å². The molecule has 1 saturated heterocycles. The fraction of sp³-hybridized carbons (Fsp3) is 0.688. The van der Waals surface area contributed by atoms with Crippen LogP contribution in [-0.4, -0.2) is 47.3 Å². The Kier molecular flexibility index (Phi) is 6.58. The third kappa shape index (κ3) is 4.66. The molecule has 0 spiro atoms. The molecule has 122 valence electrons. The summed E-state index contributed by atoms with van der Waals surface area (Å²) in [6.45, 7) is 4.11. The molecule has 0 atom stereocenters. The highest BCUT2D eigenvalue weighted by molar-refractivity contribution is 5.72. The molecule has 0 unspecified atom stereocenters. The van der Waals surface area contributed by atoms with Gasteiger partial charge in [-0.1, -0.05) is 0 Å². The van der Waals surface area contributed by atoms with Gasteiger partial charge in [-0.2, -0.15) is 0 Å². The first kappa shape index (κ1) is 16.7. The van der Waals surface area contributed by atoms with Crippen molar-refractivity contribution < 1.29 is 14.6 Å². The van der Waals surface area contributed by atoms with E-state index in [0.29, 0.717) is 6.61 Å². The number of esters is 1. The molecule has 0 bridgehead atoms. The molecule has 1 fully saturated rings. The van der Waals surface area contributed by atoms with Gasteiger partial charge in [0.2, 0.25) is 0 Å². The zero-order valence-corrected chi connectivity index (χ0v) is 13.2. The summed E-state index contributed by atoms with van der Waals surface area (Å²) in [6, 6.07) is 0. The monoisotopic (exact) mass is 307 g/mol. The SMILES string of the molecule is CCOC(=O)C1CCN(c2cncc(CCCCO)n2)CC1. The first-order chi connectivity index (χ1) is 10.7. The zero-order chi connectivity index (χ0) is 15.8. The van der Waals surface area contributed by atoms with Crippen LogP contribution < -0.4 is 4.90 Å². The Morgan fingerprint density at radius 2 is 2.14 bits per heavy atom. The van der Waals surface area contributed by atoms with Crippen LogP contribution in [0.2, 0.25) is 0 Å². The lowest BCUT2D eigenvalue weighted by Crippen LogP contribution is -2.37. The topological polar surface area (TPSA) is 75.5 Å². The number of carbonyl (C=O) groups is 1. The summed E-state index contributed by atoms with van der Waals surface area (Å²) >= 11 is 0. The Morgan fingerprint density at radius 3 is 2.82 bits per heavy atom. The van der Waals surface area contributed by atoms with E-state index in [1.165, 1.54) is 0 Å². The summed E-state index contributed by atoms with van der Waals surface area (Å²) in [6.07, 6.45) is 7.70. The Morgan fingerprint density at radius 1 is 1.36 bits per heavy atom. The fourth-order valence-electron chi connectivity index (χ4n) is 2.69. The maximum atomic E-state index is 11.8. The van der Waals surface area contributed by atoms with Crippen LogP contribution in [0.5, 0.6) is 0 Å². The van der Waals surface area contributed by atoms with Gasteiger partial charge in [-0.25, -0.2) is 4.98 Å². The zero-order valence-electron chi connectivity index (χ0n) is 13.2. The summed E-state index contributed by atoms with van der Waals surface area (Å²) in [7, 11) is 0. The van der Waals surface area contributed by atoms with Gasteiger partial charge in [-0.15, -0.1) is 0 Å². The summed E-state index contributed by atoms with van der Waals surface area (Å²) in [4.78, 5) is 22.8. The molecule has 22 heavy (non-hydrogen) atoms. The van der Waals surface area contributed by atoms with E-state index in [2.05, 4.69) is 14.9 Å². The first-order valence-electron chi connectivity index (χ1n) is 8.08. The largest absolute Gasteiger partial charge is 0.466 e. The van der Waals surface area contributed by atoms with Crippen molar-refractivity contribution in [3.8, 4) is 0 Å². The lowest BCUT2D eigenvalue weighted by Gasteiger charge is -2.31. The van der Waals surface area contributed by atoms with Gasteiger partial charge in [0, 0.05) is 25.9 Å². The number of hydrogen-bond donors (Lipinski definition) is 1. The number of anilines is 1. The molecular weight excluding hydrogens is 282 g/mol. The van der Waals surface area contributed by atoms with Crippen LogP contribution in [0.15, 0.2) is 12.4 Å². The predicted molar refractivity (Wildman–Crippen MR) is 83.6 cm³/mol. The summed E-state index contributed by atoms with van der Waals surface area (Å²) in [5.74, 6) is 0.812. The normalized spacial score (nSPS) is 15.8. The Hall–Kier alpha value is -1.69. The first-order valence-corrected chi connectivity index (χ1v) is 8.08. The highest BCUT2D eigenvalue weighted by Gasteiger charge is 2.26. The predicted octanol–water partition coefficient (Wildman–Crippen LogP) is 1.57. The quantitative estimate of drug-likeness (QED) is 0.609. The smallest absolute Gasteiger partial charge is 0.309 e. The average Bonchev–Trinajstić information content (AvgIpc) is 2.56. The van der Waals surface area contributed by atoms with E-state index in [1.807, 2.05) is 6.92 Å². The van der Waals surface area contributed by atoms with E-state index in [0.717, 1.165) is 56.7 Å². The lowest BCUT2D eigenvalue weighted by molar-refractivity contribution is -0.148. The molecule has 1 aliphatic rings. The molecule has 0 saturated carbocycles. The average molecular weight is 307 g/mol. The van der Waals surface area contributed by atoms with Crippen molar-refractivity contribution in [3.05, 3.63) is 18.1 Å². The van der Waals surface area contributed by atoms with Gasteiger partial charge in [0.25, 0.3) is 0 Å². The molecule has 2 heterocycles. The number of ether oxygens (including phenoxy) is 1. The van der Waals surface area contributed by atoms with Crippen molar-refractivity contribution in [2.24, 2.45) is 5.92 Å². The molecule has 0 radical (unpaired) electrons. The van der Waals surface area contributed by atoms with Crippen molar-refractivity contribution in [3.63, 3.8) is 0 Å². The molecule has 2 rings (SSSR count). The summed E-state index contributed by atoms with van der Waals surface area (Å²) < 4.78 is 5.09. The highest BCUT2D eigenvalue weighted by atomic mass is 16.5. The third-order valence-electron chi connectivity index (χ3n) is 3.95. The number of aryl methyl sites for hydroxylation is 1. The number of nitrogens with zero attached hydrogens (tertiary/aromatic N) is 3. The van der Waals surface area contributed by atoms with Gasteiger partial charge >= 0.3 is 5.97 Å². The van der Waals surface area contributed by atoms with E-state index in [9.17, 15) is 4.79 Å². The van der Waals surface area contributed by atoms with Gasteiger partial charge in [0.05, 0.1) is 24.4 Å². The fourth-order valence-corrected chi connectivity index (χ4v) is 2.69. The molecule has 1 N–H and O–H groups in total. The minimum Gasteiger partial charge on any atom is -0.466 e. The molecular formula is C16H25N3O3. The Labute approximate surface area is 131 Å². The number of rotatable bonds is 7. The van der Waals surface area contributed by atoms with E-state index in [1.54, 1.807) is 12.4 Å². The molecule has 6 heteroatoms. The number of aromatic nitrogens is 2. The maximum absolute atomic E-state index is 11.8. The van der Waals surface area contributed by atoms with Crippen LogP contribution in [0.25, 0.3) is 0 Å². The van der Waals surface area contributed by atoms with Gasteiger partial charge in [0.15, 0.2) is 0 Å². The van der Waals surface area contributed by atoms with Gasteiger partial charge < -0.3 is 14.7 Å². The second-order valence-electron chi connectivity index (χ2n) is 5.56. The molecule has 0 amide bonds. The highest BCUT2D eigenvalue weighted by Crippen LogP contribution is 2.22.